The number of hydrogen-bond acceptors (Lipinski definition) is 3. The Kier molecular flexibility index (Phi) is 2.97. The number of aryl methyl sites for hydroxylation is 1. The van der Waals surface area contributed by atoms with E-state index in [2.05, 4.69) is 15.5 Å². The molecule has 0 aliphatic rings. The van der Waals surface area contributed by atoms with Crippen molar-refractivity contribution < 1.29 is 13.6 Å². The molecule has 18 heavy (non-hydrogen) atoms. The molecule has 0 saturated heterocycles. The number of aromatic nitrogens is 2. The molecule has 0 fully saturated rings. The van der Waals surface area contributed by atoms with Crippen LogP contribution in [-0.2, 0) is 0 Å². The lowest BCUT2D eigenvalue weighted by Crippen LogP contribution is -2.15. The number of anilines is 2. The first-order chi connectivity index (χ1) is 8.47. The number of nitrogen functional groups attached to an aromatic ring is 1. The van der Waals surface area contributed by atoms with Gasteiger partial charge >= 0.3 is 0 Å². The summed E-state index contributed by atoms with van der Waals surface area (Å²) < 4.78 is 26.6. The van der Waals surface area contributed by atoms with Crippen LogP contribution in [0, 0.1) is 18.6 Å². The van der Waals surface area contributed by atoms with Crippen LogP contribution < -0.4 is 11.1 Å². The van der Waals surface area contributed by atoms with E-state index in [1.54, 1.807) is 13.0 Å². The van der Waals surface area contributed by atoms with E-state index in [1.165, 1.54) is 0 Å². The molecule has 0 bridgehead atoms. The lowest BCUT2D eigenvalue weighted by Gasteiger charge is -2.05. The maximum atomic E-state index is 13.6. The van der Waals surface area contributed by atoms with Gasteiger partial charge in [0, 0.05) is 11.8 Å². The zero-order chi connectivity index (χ0) is 13.3. The van der Waals surface area contributed by atoms with Crippen LogP contribution in [0.15, 0.2) is 18.2 Å². The quantitative estimate of drug-likeness (QED) is 0.713. The normalized spacial score (nSPS) is 10.4. The Bertz CT molecular complexity index is 609. The van der Waals surface area contributed by atoms with E-state index in [4.69, 9.17) is 5.73 Å². The first kappa shape index (κ1) is 12.0. The highest BCUT2D eigenvalue weighted by molar-refractivity contribution is 6.04. The van der Waals surface area contributed by atoms with Crippen LogP contribution in [0.3, 0.4) is 0 Å². The molecule has 94 valence electrons. The minimum Gasteiger partial charge on any atom is -0.396 e. The topological polar surface area (TPSA) is 83.8 Å². The molecule has 1 aromatic carbocycles. The van der Waals surface area contributed by atoms with Gasteiger partial charge in [-0.05, 0) is 19.1 Å². The van der Waals surface area contributed by atoms with Crippen molar-refractivity contribution in [3.63, 3.8) is 0 Å². The molecule has 0 radical (unpaired) electrons. The van der Waals surface area contributed by atoms with Gasteiger partial charge in [-0.25, -0.2) is 8.78 Å². The predicted octanol–water partition coefficient (Wildman–Crippen LogP) is 1.83. The Morgan fingerprint density at radius 1 is 1.39 bits per heavy atom. The summed E-state index contributed by atoms with van der Waals surface area (Å²) in [6.07, 6.45) is 0. The smallest absolute Gasteiger partial charge is 0.260 e. The van der Waals surface area contributed by atoms with Crippen LogP contribution in [0.25, 0.3) is 0 Å². The van der Waals surface area contributed by atoms with Gasteiger partial charge in [0.2, 0.25) is 0 Å². The van der Waals surface area contributed by atoms with Gasteiger partial charge < -0.3 is 11.1 Å². The number of nitrogens with zero attached hydrogens (tertiary/aromatic N) is 1. The van der Waals surface area contributed by atoms with E-state index >= 15 is 0 Å². The highest BCUT2D eigenvalue weighted by atomic mass is 19.1. The first-order valence-electron chi connectivity index (χ1n) is 5.05. The monoisotopic (exact) mass is 252 g/mol. The molecule has 1 amide bonds. The van der Waals surface area contributed by atoms with Gasteiger partial charge in [-0.3, -0.25) is 9.89 Å². The van der Waals surface area contributed by atoms with E-state index in [-0.39, 0.29) is 5.82 Å². The Balaban J connectivity index is 2.29. The van der Waals surface area contributed by atoms with Gasteiger partial charge in [0.25, 0.3) is 5.91 Å². The summed E-state index contributed by atoms with van der Waals surface area (Å²) in [4.78, 5) is 11.7. The van der Waals surface area contributed by atoms with E-state index in [0.29, 0.717) is 0 Å². The molecule has 0 atom stereocenters. The molecule has 0 saturated carbocycles. The Morgan fingerprint density at radius 2 is 2.11 bits per heavy atom. The number of aromatic amines is 1. The Morgan fingerprint density at radius 3 is 2.72 bits per heavy atom. The minimum atomic E-state index is -0.957. The van der Waals surface area contributed by atoms with Gasteiger partial charge in [0.1, 0.15) is 5.82 Å². The third kappa shape index (κ3) is 2.29. The first-order valence-corrected chi connectivity index (χ1v) is 5.05. The number of carbonyl (C=O) groups is 1. The summed E-state index contributed by atoms with van der Waals surface area (Å²) >= 11 is 0. The van der Waals surface area contributed by atoms with Gasteiger partial charge in [-0.1, -0.05) is 0 Å². The second-order valence-electron chi connectivity index (χ2n) is 3.75. The number of halogens is 2. The molecule has 0 aliphatic carbocycles. The third-order valence-electron chi connectivity index (χ3n) is 2.26. The second kappa shape index (κ2) is 4.44. The number of H-pyrrole nitrogens is 1. The van der Waals surface area contributed by atoms with Crippen molar-refractivity contribution >= 4 is 17.4 Å². The maximum Gasteiger partial charge on any atom is 0.260 e. The second-order valence-corrected chi connectivity index (χ2v) is 3.75. The SMILES string of the molecule is Cc1cc(NC(=O)c2cc(F)cc(N)c2F)n[nH]1. The minimum absolute atomic E-state index is 0.222. The van der Waals surface area contributed by atoms with Gasteiger partial charge in [-0.15, -0.1) is 0 Å². The Labute approximate surface area is 101 Å². The van der Waals surface area contributed by atoms with Gasteiger partial charge in [-0.2, -0.15) is 5.10 Å². The van der Waals surface area contributed by atoms with Crippen LogP contribution >= 0.6 is 0 Å². The van der Waals surface area contributed by atoms with E-state index < -0.39 is 28.8 Å². The number of amides is 1. The fourth-order valence-corrected chi connectivity index (χ4v) is 1.44. The number of hydrogen-bond donors (Lipinski definition) is 3. The molecule has 2 aromatic rings. The average Bonchev–Trinajstić information content (AvgIpc) is 2.69. The zero-order valence-corrected chi connectivity index (χ0v) is 9.42. The average molecular weight is 252 g/mol. The molecule has 1 aromatic heterocycles. The largest absolute Gasteiger partial charge is 0.396 e. The number of benzene rings is 1. The summed E-state index contributed by atoms with van der Waals surface area (Å²) in [6, 6.07) is 3.14. The predicted molar refractivity (Wildman–Crippen MR) is 62.0 cm³/mol. The van der Waals surface area contributed by atoms with E-state index in [0.717, 1.165) is 17.8 Å². The fourth-order valence-electron chi connectivity index (χ4n) is 1.44. The molecule has 7 heteroatoms. The summed E-state index contributed by atoms with van der Waals surface area (Å²) in [5, 5.41) is 8.69. The van der Waals surface area contributed by atoms with Crippen molar-refractivity contribution in [3.05, 3.63) is 41.1 Å². The van der Waals surface area contributed by atoms with Crippen LogP contribution in [0.4, 0.5) is 20.3 Å². The van der Waals surface area contributed by atoms with Gasteiger partial charge in [0.15, 0.2) is 11.6 Å². The molecule has 5 nitrogen and oxygen atoms in total. The van der Waals surface area contributed by atoms with Crippen molar-refractivity contribution in [3.8, 4) is 0 Å². The molecule has 4 N–H and O–H groups in total. The van der Waals surface area contributed by atoms with Crippen LogP contribution in [0.2, 0.25) is 0 Å². The lowest BCUT2D eigenvalue weighted by atomic mass is 10.1. The number of carbonyl (C=O) groups excluding carboxylic acids is 1. The number of nitrogens with one attached hydrogen (secondary N) is 2. The van der Waals surface area contributed by atoms with E-state index in [9.17, 15) is 13.6 Å². The lowest BCUT2D eigenvalue weighted by molar-refractivity contribution is 0.102. The summed E-state index contributed by atoms with van der Waals surface area (Å²) in [6.45, 7) is 1.74. The van der Waals surface area contributed by atoms with E-state index in [1.807, 2.05) is 0 Å². The molecule has 0 unspecified atom stereocenters. The van der Waals surface area contributed by atoms with Crippen molar-refractivity contribution in [1.82, 2.24) is 10.2 Å². The van der Waals surface area contributed by atoms with Crippen LogP contribution in [0.5, 0.6) is 0 Å². The van der Waals surface area contributed by atoms with Gasteiger partial charge in [0.05, 0.1) is 11.3 Å². The molecule has 1 heterocycles. The van der Waals surface area contributed by atoms with Crippen molar-refractivity contribution in [2.75, 3.05) is 11.1 Å². The highest BCUT2D eigenvalue weighted by Crippen LogP contribution is 2.18. The number of rotatable bonds is 2. The third-order valence-corrected chi connectivity index (χ3v) is 2.26. The van der Waals surface area contributed by atoms with Crippen molar-refractivity contribution in [2.24, 2.45) is 0 Å². The van der Waals surface area contributed by atoms with Crippen molar-refractivity contribution in [1.29, 1.82) is 0 Å². The highest BCUT2D eigenvalue weighted by Gasteiger charge is 2.16. The molecule has 0 spiro atoms. The summed E-state index contributed by atoms with van der Waals surface area (Å²) in [5.41, 5.74) is 5.08. The fraction of sp³-hybridized carbons (Fsp3) is 0.0909. The molecular formula is C11H10F2N4O. The maximum absolute atomic E-state index is 13.6. The molecule has 2 rings (SSSR count). The molecule has 0 aliphatic heterocycles. The standard InChI is InChI=1S/C11H10F2N4O/c1-5-2-9(17-16-5)15-11(18)7-3-6(12)4-8(14)10(7)13/h2-4H,14H2,1H3,(H2,15,16,17,18). The van der Waals surface area contributed by atoms with Crippen LogP contribution in [-0.4, -0.2) is 16.1 Å². The Hall–Kier alpha value is -2.44. The van der Waals surface area contributed by atoms with Crippen molar-refractivity contribution in [2.45, 2.75) is 6.92 Å². The summed E-state index contributed by atoms with van der Waals surface area (Å²) in [7, 11) is 0. The molecular weight excluding hydrogens is 242 g/mol. The zero-order valence-electron chi connectivity index (χ0n) is 9.42. The van der Waals surface area contributed by atoms with Crippen LogP contribution in [0.1, 0.15) is 16.1 Å². The summed E-state index contributed by atoms with van der Waals surface area (Å²) in [5.74, 6) is -2.33. The number of nitrogens with two attached hydrogens (primary N) is 1.